The molecule has 2 aromatic rings. The van der Waals surface area contributed by atoms with E-state index in [9.17, 15) is 0 Å². The molecule has 0 aliphatic carbocycles. The zero-order valence-electron chi connectivity index (χ0n) is 12.4. The standard InChI is InChI=1S/C17H22N4/c1-14(16-6-2-4-10-18-16)20-15-8-12-21(13-9-15)17-7-3-5-11-19-17/h2-7,10-11,14-15,20H,8-9,12-13H2,1H3/t14-/m0/s1. The summed E-state index contributed by atoms with van der Waals surface area (Å²) in [5, 5.41) is 3.70. The van der Waals surface area contributed by atoms with E-state index in [-0.39, 0.29) is 0 Å². The highest BCUT2D eigenvalue weighted by atomic mass is 15.2. The molecule has 0 amide bonds. The van der Waals surface area contributed by atoms with Crippen LogP contribution in [0.25, 0.3) is 0 Å². The molecule has 0 saturated carbocycles. The van der Waals surface area contributed by atoms with Crippen molar-refractivity contribution >= 4 is 5.82 Å². The zero-order valence-corrected chi connectivity index (χ0v) is 12.4. The van der Waals surface area contributed by atoms with Crippen LogP contribution in [0.4, 0.5) is 5.82 Å². The SMILES string of the molecule is C[C@H](NC1CCN(c2ccccn2)CC1)c1ccccn1. The Balaban J connectivity index is 1.52. The summed E-state index contributed by atoms with van der Waals surface area (Å²) in [7, 11) is 0. The Hall–Kier alpha value is -1.94. The predicted molar refractivity (Wildman–Crippen MR) is 85.3 cm³/mol. The molecule has 4 heteroatoms. The van der Waals surface area contributed by atoms with Gasteiger partial charge in [0.05, 0.1) is 5.69 Å². The highest BCUT2D eigenvalue weighted by molar-refractivity contribution is 5.38. The molecular weight excluding hydrogens is 260 g/mol. The zero-order chi connectivity index (χ0) is 14.5. The highest BCUT2D eigenvalue weighted by Gasteiger charge is 2.21. The summed E-state index contributed by atoms with van der Waals surface area (Å²) < 4.78 is 0. The highest BCUT2D eigenvalue weighted by Crippen LogP contribution is 2.19. The van der Waals surface area contributed by atoms with Gasteiger partial charge < -0.3 is 10.2 Å². The van der Waals surface area contributed by atoms with E-state index >= 15 is 0 Å². The van der Waals surface area contributed by atoms with Crippen molar-refractivity contribution in [1.29, 1.82) is 0 Å². The Morgan fingerprint density at radius 2 is 1.76 bits per heavy atom. The van der Waals surface area contributed by atoms with Gasteiger partial charge in [-0.2, -0.15) is 0 Å². The van der Waals surface area contributed by atoms with Crippen LogP contribution in [0, 0.1) is 0 Å². The molecule has 0 aromatic carbocycles. The molecule has 2 aromatic heterocycles. The molecule has 0 unspecified atom stereocenters. The normalized spacial score (nSPS) is 17.7. The molecule has 1 N–H and O–H groups in total. The maximum Gasteiger partial charge on any atom is 0.128 e. The number of hydrogen-bond donors (Lipinski definition) is 1. The number of nitrogens with one attached hydrogen (secondary N) is 1. The molecule has 3 heterocycles. The molecule has 110 valence electrons. The van der Waals surface area contributed by atoms with Gasteiger partial charge in [-0.05, 0) is 44.0 Å². The molecule has 1 atom stereocenters. The number of piperidine rings is 1. The van der Waals surface area contributed by atoms with Gasteiger partial charge in [0.15, 0.2) is 0 Å². The maximum absolute atomic E-state index is 4.43. The number of aromatic nitrogens is 2. The summed E-state index contributed by atoms with van der Waals surface area (Å²) >= 11 is 0. The van der Waals surface area contributed by atoms with Crippen molar-refractivity contribution in [3.05, 3.63) is 54.5 Å². The van der Waals surface area contributed by atoms with Crippen molar-refractivity contribution in [2.75, 3.05) is 18.0 Å². The first-order valence-corrected chi connectivity index (χ1v) is 7.66. The quantitative estimate of drug-likeness (QED) is 0.936. The van der Waals surface area contributed by atoms with Crippen molar-refractivity contribution in [2.45, 2.75) is 31.8 Å². The lowest BCUT2D eigenvalue weighted by molar-refractivity contribution is 0.377. The van der Waals surface area contributed by atoms with Gasteiger partial charge >= 0.3 is 0 Å². The van der Waals surface area contributed by atoms with Gasteiger partial charge in [0.1, 0.15) is 5.82 Å². The summed E-state index contributed by atoms with van der Waals surface area (Å²) in [5.41, 5.74) is 1.12. The van der Waals surface area contributed by atoms with Crippen molar-refractivity contribution in [1.82, 2.24) is 15.3 Å². The summed E-state index contributed by atoms with van der Waals surface area (Å²) in [6.45, 7) is 4.31. The largest absolute Gasteiger partial charge is 0.357 e. The first-order chi connectivity index (χ1) is 10.3. The Kier molecular flexibility index (Phi) is 4.46. The number of nitrogens with zero attached hydrogens (tertiary/aromatic N) is 3. The molecule has 0 bridgehead atoms. The van der Waals surface area contributed by atoms with Crippen molar-refractivity contribution in [2.24, 2.45) is 0 Å². The molecule has 0 spiro atoms. The molecule has 1 fully saturated rings. The molecule has 1 saturated heterocycles. The number of rotatable bonds is 4. The van der Waals surface area contributed by atoms with E-state index in [1.807, 2.05) is 30.6 Å². The smallest absolute Gasteiger partial charge is 0.128 e. The third-order valence-corrected chi connectivity index (χ3v) is 4.09. The van der Waals surface area contributed by atoms with Gasteiger partial charge in [-0.1, -0.05) is 12.1 Å². The van der Waals surface area contributed by atoms with Crippen LogP contribution in [-0.4, -0.2) is 29.1 Å². The van der Waals surface area contributed by atoms with E-state index in [0.717, 1.165) is 37.4 Å². The van der Waals surface area contributed by atoms with Crippen LogP contribution in [-0.2, 0) is 0 Å². The second-order valence-corrected chi connectivity index (χ2v) is 5.59. The van der Waals surface area contributed by atoms with Crippen molar-refractivity contribution in [3.8, 4) is 0 Å². The van der Waals surface area contributed by atoms with Gasteiger partial charge in [0.2, 0.25) is 0 Å². The van der Waals surface area contributed by atoms with Crippen LogP contribution >= 0.6 is 0 Å². The molecule has 1 aliphatic heterocycles. The first-order valence-electron chi connectivity index (χ1n) is 7.66. The van der Waals surface area contributed by atoms with Gasteiger partial charge in [0.25, 0.3) is 0 Å². The molecule has 3 rings (SSSR count). The number of anilines is 1. The summed E-state index contributed by atoms with van der Waals surface area (Å²) in [5.74, 6) is 1.09. The molecule has 1 aliphatic rings. The molecular formula is C17H22N4. The maximum atomic E-state index is 4.43. The Morgan fingerprint density at radius 1 is 1.05 bits per heavy atom. The number of pyridine rings is 2. The third kappa shape index (κ3) is 3.58. The minimum atomic E-state index is 0.303. The second-order valence-electron chi connectivity index (χ2n) is 5.59. The number of hydrogen-bond acceptors (Lipinski definition) is 4. The lowest BCUT2D eigenvalue weighted by Crippen LogP contribution is -2.43. The average Bonchev–Trinajstić information content (AvgIpc) is 2.57. The van der Waals surface area contributed by atoms with E-state index in [1.54, 1.807) is 0 Å². The van der Waals surface area contributed by atoms with Gasteiger partial charge in [-0.25, -0.2) is 4.98 Å². The minimum absolute atomic E-state index is 0.303. The third-order valence-electron chi connectivity index (χ3n) is 4.09. The fraction of sp³-hybridized carbons (Fsp3) is 0.412. The predicted octanol–water partition coefficient (Wildman–Crippen LogP) is 2.80. The molecule has 0 radical (unpaired) electrons. The Morgan fingerprint density at radius 3 is 2.38 bits per heavy atom. The van der Waals surface area contributed by atoms with Crippen LogP contribution in [0.3, 0.4) is 0 Å². The topological polar surface area (TPSA) is 41.0 Å². The first kappa shape index (κ1) is 14.0. The van der Waals surface area contributed by atoms with E-state index in [4.69, 9.17) is 0 Å². The van der Waals surface area contributed by atoms with Crippen LogP contribution in [0.2, 0.25) is 0 Å². The van der Waals surface area contributed by atoms with E-state index < -0.39 is 0 Å². The van der Waals surface area contributed by atoms with Crippen LogP contribution < -0.4 is 10.2 Å². The Labute approximate surface area is 126 Å². The van der Waals surface area contributed by atoms with Crippen LogP contribution in [0.1, 0.15) is 31.5 Å². The van der Waals surface area contributed by atoms with Gasteiger partial charge in [-0.3, -0.25) is 4.98 Å². The van der Waals surface area contributed by atoms with Crippen LogP contribution in [0.5, 0.6) is 0 Å². The molecule has 21 heavy (non-hydrogen) atoms. The van der Waals surface area contributed by atoms with E-state index in [1.165, 1.54) is 0 Å². The Bertz CT molecular complexity index is 535. The van der Waals surface area contributed by atoms with E-state index in [0.29, 0.717) is 12.1 Å². The lowest BCUT2D eigenvalue weighted by Gasteiger charge is -2.34. The summed E-state index contributed by atoms with van der Waals surface area (Å²) in [6.07, 6.45) is 6.02. The van der Waals surface area contributed by atoms with Gasteiger partial charge in [0, 0.05) is 37.6 Å². The minimum Gasteiger partial charge on any atom is -0.357 e. The average molecular weight is 282 g/mol. The van der Waals surface area contributed by atoms with E-state index in [2.05, 4.69) is 45.3 Å². The van der Waals surface area contributed by atoms with Crippen molar-refractivity contribution in [3.63, 3.8) is 0 Å². The second kappa shape index (κ2) is 6.68. The fourth-order valence-corrected chi connectivity index (χ4v) is 2.89. The van der Waals surface area contributed by atoms with Crippen LogP contribution in [0.15, 0.2) is 48.8 Å². The van der Waals surface area contributed by atoms with Gasteiger partial charge in [-0.15, -0.1) is 0 Å². The van der Waals surface area contributed by atoms with Crippen molar-refractivity contribution < 1.29 is 0 Å². The lowest BCUT2D eigenvalue weighted by atomic mass is 10.0. The summed E-state index contributed by atoms with van der Waals surface area (Å²) in [6, 6.07) is 13.1. The monoisotopic (exact) mass is 282 g/mol. The molecule has 4 nitrogen and oxygen atoms in total. The summed E-state index contributed by atoms with van der Waals surface area (Å²) in [4.78, 5) is 11.2. The fourth-order valence-electron chi connectivity index (χ4n) is 2.89.